The molecule has 2 heterocycles. The predicted octanol–water partition coefficient (Wildman–Crippen LogP) is 3.00. The SMILES string of the molecule is CSC1CCCC1N1C(=O)C2(CC2)NC1c1ccsc1. The smallest absolute Gasteiger partial charge is 0.244 e. The molecule has 3 fully saturated rings. The molecule has 0 aromatic carbocycles. The first kappa shape index (κ1) is 13.2. The normalized spacial score (nSPS) is 35.1. The Morgan fingerprint density at radius 3 is 2.95 bits per heavy atom. The fourth-order valence-corrected chi connectivity index (χ4v) is 5.42. The van der Waals surface area contributed by atoms with E-state index in [1.807, 2.05) is 11.8 Å². The third-order valence-corrected chi connectivity index (χ3v) is 6.88. The number of hydrogen-bond acceptors (Lipinski definition) is 4. The van der Waals surface area contributed by atoms with Gasteiger partial charge in [0.2, 0.25) is 5.91 Å². The quantitative estimate of drug-likeness (QED) is 0.931. The van der Waals surface area contributed by atoms with Crippen molar-refractivity contribution in [2.75, 3.05) is 6.26 Å². The number of carbonyl (C=O) groups is 1. The van der Waals surface area contributed by atoms with Crippen LogP contribution in [0.3, 0.4) is 0 Å². The van der Waals surface area contributed by atoms with Crippen molar-refractivity contribution in [2.24, 2.45) is 0 Å². The summed E-state index contributed by atoms with van der Waals surface area (Å²) in [5.41, 5.74) is 1.05. The lowest BCUT2D eigenvalue weighted by atomic mass is 10.1. The van der Waals surface area contributed by atoms with Crippen molar-refractivity contribution in [3.63, 3.8) is 0 Å². The van der Waals surface area contributed by atoms with Crippen molar-refractivity contribution >= 4 is 29.0 Å². The van der Waals surface area contributed by atoms with E-state index < -0.39 is 0 Å². The van der Waals surface area contributed by atoms with E-state index in [9.17, 15) is 4.79 Å². The van der Waals surface area contributed by atoms with Crippen molar-refractivity contribution in [2.45, 2.75) is 55.1 Å². The van der Waals surface area contributed by atoms with Crippen molar-refractivity contribution in [1.29, 1.82) is 0 Å². The molecular weight excluding hydrogens is 288 g/mol. The molecule has 1 amide bonds. The summed E-state index contributed by atoms with van der Waals surface area (Å²) in [6.07, 6.45) is 7.98. The number of carbonyl (C=O) groups excluding carboxylic acids is 1. The van der Waals surface area contributed by atoms with Crippen LogP contribution in [0.5, 0.6) is 0 Å². The van der Waals surface area contributed by atoms with Crippen LogP contribution in [0.4, 0.5) is 0 Å². The van der Waals surface area contributed by atoms with Crippen molar-refractivity contribution in [3.05, 3.63) is 22.4 Å². The minimum Gasteiger partial charge on any atom is -0.317 e. The Morgan fingerprint density at radius 1 is 1.45 bits per heavy atom. The van der Waals surface area contributed by atoms with Gasteiger partial charge in [-0.05, 0) is 54.3 Å². The highest BCUT2D eigenvalue weighted by molar-refractivity contribution is 7.99. The van der Waals surface area contributed by atoms with Crippen LogP contribution >= 0.6 is 23.1 Å². The van der Waals surface area contributed by atoms with E-state index in [1.54, 1.807) is 11.3 Å². The lowest BCUT2D eigenvalue weighted by Crippen LogP contribution is -2.43. The predicted molar refractivity (Wildman–Crippen MR) is 83.9 cm³/mol. The molecule has 1 aromatic heterocycles. The van der Waals surface area contributed by atoms with Gasteiger partial charge in [-0.2, -0.15) is 23.1 Å². The van der Waals surface area contributed by atoms with E-state index in [2.05, 4.69) is 33.3 Å². The van der Waals surface area contributed by atoms with E-state index in [4.69, 9.17) is 0 Å². The van der Waals surface area contributed by atoms with E-state index in [1.165, 1.54) is 18.4 Å². The Hall–Kier alpha value is -0.520. The van der Waals surface area contributed by atoms with Gasteiger partial charge < -0.3 is 4.90 Å². The molecule has 1 aromatic rings. The number of thiophene rings is 1. The van der Waals surface area contributed by atoms with Gasteiger partial charge in [-0.25, -0.2) is 0 Å². The molecule has 1 N–H and O–H groups in total. The van der Waals surface area contributed by atoms with Gasteiger partial charge in [0.15, 0.2) is 0 Å². The third-order valence-electron chi connectivity index (χ3n) is 5.02. The zero-order valence-corrected chi connectivity index (χ0v) is 13.3. The Morgan fingerprint density at radius 2 is 2.30 bits per heavy atom. The van der Waals surface area contributed by atoms with Crippen LogP contribution in [-0.4, -0.2) is 33.9 Å². The average Bonchev–Trinajstić information content (AvgIpc) is 2.87. The molecule has 1 spiro atoms. The molecule has 1 aliphatic heterocycles. The van der Waals surface area contributed by atoms with E-state index in [-0.39, 0.29) is 11.7 Å². The first-order chi connectivity index (χ1) is 9.75. The molecule has 2 aliphatic carbocycles. The number of nitrogens with one attached hydrogen (secondary N) is 1. The molecule has 1 saturated heterocycles. The molecule has 5 heteroatoms. The van der Waals surface area contributed by atoms with Crippen LogP contribution in [0.25, 0.3) is 0 Å². The maximum Gasteiger partial charge on any atom is 0.244 e. The van der Waals surface area contributed by atoms with Crippen LogP contribution in [0.2, 0.25) is 0 Å². The fraction of sp³-hybridized carbons (Fsp3) is 0.667. The molecule has 4 rings (SSSR count). The molecule has 2 saturated carbocycles. The maximum atomic E-state index is 12.9. The lowest BCUT2D eigenvalue weighted by molar-refractivity contribution is -0.132. The Balaban J connectivity index is 1.68. The van der Waals surface area contributed by atoms with Gasteiger partial charge in [-0.15, -0.1) is 0 Å². The number of amides is 1. The monoisotopic (exact) mass is 308 g/mol. The molecule has 3 nitrogen and oxygen atoms in total. The summed E-state index contributed by atoms with van der Waals surface area (Å²) in [7, 11) is 0. The van der Waals surface area contributed by atoms with Gasteiger partial charge in [0.1, 0.15) is 11.7 Å². The second-order valence-electron chi connectivity index (χ2n) is 6.17. The fourth-order valence-electron chi connectivity index (χ4n) is 3.76. The van der Waals surface area contributed by atoms with Crippen molar-refractivity contribution < 1.29 is 4.79 Å². The Kier molecular flexibility index (Phi) is 3.13. The first-order valence-electron chi connectivity index (χ1n) is 7.40. The van der Waals surface area contributed by atoms with Crippen molar-refractivity contribution in [3.8, 4) is 0 Å². The van der Waals surface area contributed by atoms with Gasteiger partial charge in [-0.1, -0.05) is 6.42 Å². The van der Waals surface area contributed by atoms with Gasteiger partial charge >= 0.3 is 0 Å². The van der Waals surface area contributed by atoms with Crippen LogP contribution < -0.4 is 5.32 Å². The summed E-state index contributed by atoms with van der Waals surface area (Å²) in [5.74, 6) is 0.361. The molecule has 108 valence electrons. The van der Waals surface area contributed by atoms with Crippen molar-refractivity contribution in [1.82, 2.24) is 10.2 Å². The highest BCUT2D eigenvalue weighted by atomic mass is 32.2. The molecule has 0 bridgehead atoms. The zero-order chi connectivity index (χ0) is 13.7. The summed E-state index contributed by atoms with van der Waals surface area (Å²) in [4.78, 5) is 15.1. The standard InChI is InChI=1S/C15H20N2OS2/c1-19-12-4-2-3-11(12)17-13(10-5-8-20-9-10)16-15(6-7-15)14(17)18/h5,8-9,11-13,16H,2-4,6-7H2,1H3. The second-order valence-corrected chi connectivity index (χ2v) is 8.03. The highest BCUT2D eigenvalue weighted by Gasteiger charge is 2.61. The van der Waals surface area contributed by atoms with Gasteiger partial charge in [0.25, 0.3) is 0 Å². The number of hydrogen-bond donors (Lipinski definition) is 1. The number of thioether (sulfide) groups is 1. The highest BCUT2D eigenvalue weighted by Crippen LogP contribution is 2.49. The molecule has 3 aliphatic rings. The second kappa shape index (κ2) is 4.75. The molecule has 3 unspecified atom stereocenters. The molecule has 20 heavy (non-hydrogen) atoms. The number of rotatable bonds is 3. The van der Waals surface area contributed by atoms with E-state index in [0.717, 1.165) is 19.3 Å². The largest absolute Gasteiger partial charge is 0.317 e. The Bertz CT molecular complexity index is 512. The number of nitrogens with zero attached hydrogens (tertiary/aromatic N) is 1. The summed E-state index contributed by atoms with van der Waals surface area (Å²) in [5, 5.41) is 8.54. The summed E-state index contributed by atoms with van der Waals surface area (Å²) >= 11 is 3.65. The third kappa shape index (κ3) is 1.86. The van der Waals surface area contributed by atoms with Gasteiger partial charge in [0, 0.05) is 11.3 Å². The average molecular weight is 308 g/mol. The topological polar surface area (TPSA) is 32.3 Å². The van der Waals surface area contributed by atoms with Gasteiger partial charge in [0.05, 0.1) is 0 Å². The summed E-state index contributed by atoms with van der Waals surface area (Å²) < 4.78 is 0. The summed E-state index contributed by atoms with van der Waals surface area (Å²) in [6, 6.07) is 2.57. The Labute approximate surface area is 128 Å². The molecular formula is C15H20N2OS2. The lowest BCUT2D eigenvalue weighted by Gasteiger charge is -2.33. The minimum absolute atomic E-state index is 0.106. The molecule has 0 radical (unpaired) electrons. The van der Waals surface area contributed by atoms with Crippen LogP contribution in [0.1, 0.15) is 43.8 Å². The van der Waals surface area contributed by atoms with Gasteiger partial charge in [-0.3, -0.25) is 10.1 Å². The summed E-state index contributed by atoms with van der Waals surface area (Å²) in [6.45, 7) is 0. The van der Waals surface area contributed by atoms with E-state index >= 15 is 0 Å². The minimum atomic E-state index is -0.210. The van der Waals surface area contributed by atoms with Crippen LogP contribution in [0.15, 0.2) is 16.8 Å². The van der Waals surface area contributed by atoms with E-state index in [0.29, 0.717) is 17.2 Å². The van der Waals surface area contributed by atoms with Crippen LogP contribution in [0, 0.1) is 0 Å². The molecule has 3 atom stereocenters. The zero-order valence-electron chi connectivity index (χ0n) is 11.7. The maximum absolute atomic E-state index is 12.9. The van der Waals surface area contributed by atoms with Crippen LogP contribution in [-0.2, 0) is 4.79 Å². The first-order valence-corrected chi connectivity index (χ1v) is 9.64.